The van der Waals surface area contributed by atoms with Gasteiger partial charge in [-0.05, 0) is 30.3 Å². The number of ether oxygens (including phenoxy) is 1. The molecule has 0 unspecified atom stereocenters. The zero-order valence-electron chi connectivity index (χ0n) is 14.3. The fraction of sp³-hybridized carbons (Fsp3) is 0.105. The van der Waals surface area contributed by atoms with Crippen molar-refractivity contribution in [3.8, 4) is 17.0 Å². The average molecular weight is 371 g/mol. The molecule has 3 aromatic rings. The summed E-state index contributed by atoms with van der Waals surface area (Å²) in [5, 5.41) is 6.52. The zero-order valence-corrected chi connectivity index (χ0v) is 14.3. The SMILES string of the molecule is COc1cc(F)ccc1-c1ccc(=O)n(CC(=O)Nc2ccccc2F)n1. The van der Waals surface area contributed by atoms with Crippen LogP contribution < -0.4 is 15.6 Å². The molecular formula is C19H15F2N3O3. The van der Waals surface area contributed by atoms with Crippen LogP contribution in [0.3, 0.4) is 0 Å². The molecule has 0 atom stereocenters. The molecule has 1 amide bonds. The maximum atomic E-state index is 13.6. The number of para-hydroxylation sites is 1. The molecule has 0 aliphatic heterocycles. The van der Waals surface area contributed by atoms with E-state index in [0.717, 1.165) is 4.68 Å². The van der Waals surface area contributed by atoms with E-state index in [4.69, 9.17) is 4.74 Å². The monoisotopic (exact) mass is 371 g/mol. The number of aromatic nitrogens is 2. The van der Waals surface area contributed by atoms with Gasteiger partial charge in [0.05, 0.1) is 18.5 Å². The largest absolute Gasteiger partial charge is 0.496 e. The normalized spacial score (nSPS) is 10.5. The Morgan fingerprint density at radius 3 is 2.67 bits per heavy atom. The highest BCUT2D eigenvalue weighted by atomic mass is 19.1. The van der Waals surface area contributed by atoms with Crippen molar-refractivity contribution in [2.45, 2.75) is 6.54 Å². The zero-order chi connectivity index (χ0) is 19.4. The van der Waals surface area contributed by atoms with E-state index in [1.165, 1.54) is 55.6 Å². The predicted octanol–water partition coefficient (Wildman–Crippen LogP) is 2.84. The number of amides is 1. The van der Waals surface area contributed by atoms with Crippen molar-refractivity contribution >= 4 is 11.6 Å². The molecule has 1 N–H and O–H groups in total. The van der Waals surface area contributed by atoms with Crippen molar-refractivity contribution in [3.05, 3.63) is 76.6 Å². The quantitative estimate of drug-likeness (QED) is 0.749. The third kappa shape index (κ3) is 4.17. The van der Waals surface area contributed by atoms with Crippen LogP contribution >= 0.6 is 0 Å². The van der Waals surface area contributed by atoms with Crippen LogP contribution in [0.25, 0.3) is 11.3 Å². The first kappa shape index (κ1) is 18.2. The Labute approximate surface area is 153 Å². The van der Waals surface area contributed by atoms with Crippen LogP contribution in [0.4, 0.5) is 14.5 Å². The summed E-state index contributed by atoms with van der Waals surface area (Å²) in [4.78, 5) is 24.2. The number of hydrogen-bond donors (Lipinski definition) is 1. The predicted molar refractivity (Wildman–Crippen MR) is 95.5 cm³/mol. The molecular weight excluding hydrogens is 356 g/mol. The summed E-state index contributed by atoms with van der Waals surface area (Å²) in [6.07, 6.45) is 0. The second-order valence-electron chi connectivity index (χ2n) is 5.59. The Balaban J connectivity index is 1.87. The van der Waals surface area contributed by atoms with E-state index in [2.05, 4.69) is 10.4 Å². The highest BCUT2D eigenvalue weighted by molar-refractivity contribution is 5.90. The van der Waals surface area contributed by atoms with Gasteiger partial charge in [0.25, 0.3) is 5.56 Å². The van der Waals surface area contributed by atoms with Crippen LogP contribution in [-0.2, 0) is 11.3 Å². The van der Waals surface area contributed by atoms with Crippen molar-refractivity contribution in [1.82, 2.24) is 9.78 Å². The Kier molecular flexibility index (Phi) is 5.25. The third-order valence-corrected chi connectivity index (χ3v) is 3.75. The molecule has 3 rings (SSSR count). The van der Waals surface area contributed by atoms with Crippen LogP contribution in [0.5, 0.6) is 5.75 Å². The number of rotatable bonds is 5. The summed E-state index contributed by atoms with van der Waals surface area (Å²) in [6.45, 7) is -0.412. The maximum absolute atomic E-state index is 13.6. The van der Waals surface area contributed by atoms with E-state index in [-0.39, 0.29) is 11.4 Å². The van der Waals surface area contributed by atoms with Gasteiger partial charge in [-0.3, -0.25) is 9.59 Å². The standard InChI is InChI=1S/C19H15F2N3O3/c1-27-17-10-12(20)6-7-13(17)15-8-9-19(26)24(23-15)11-18(25)22-16-5-3-2-4-14(16)21/h2-10H,11H2,1H3,(H,22,25). The minimum absolute atomic E-state index is 0.00640. The molecule has 1 heterocycles. The van der Waals surface area contributed by atoms with Gasteiger partial charge in [-0.2, -0.15) is 5.10 Å². The van der Waals surface area contributed by atoms with Crippen LogP contribution in [0.2, 0.25) is 0 Å². The lowest BCUT2D eigenvalue weighted by molar-refractivity contribution is -0.117. The highest BCUT2D eigenvalue weighted by Gasteiger charge is 2.13. The van der Waals surface area contributed by atoms with Gasteiger partial charge in [0.1, 0.15) is 23.9 Å². The first-order valence-electron chi connectivity index (χ1n) is 7.94. The van der Waals surface area contributed by atoms with Gasteiger partial charge in [-0.25, -0.2) is 13.5 Å². The van der Waals surface area contributed by atoms with E-state index in [1.807, 2.05) is 0 Å². The molecule has 0 spiro atoms. The number of hydrogen-bond acceptors (Lipinski definition) is 4. The van der Waals surface area contributed by atoms with Gasteiger partial charge >= 0.3 is 0 Å². The van der Waals surface area contributed by atoms with E-state index >= 15 is 0 Å². The average Bonchev–Trinajstić information content (AvgIpc) is 2.65. The number of nitrogens with one attached hydrogen (secondary N) is 1. The van der Waals surface area contributed by atoms with Gasteiger partial charge < -0.3 is 10.1 Å². The second-order valence-corrected chi connectivity index (χ2v) is 5.59. The number of nitrogens with zero attached hydrogens (tertiary/aromatic N) is 2. The Morgan fingerprint density at radius 1 is 1.15 bits per heavy atom. The second kappa shape index (κ2) is 7.77. The minimum Gasteiger partial charge on any atom is -0.496 e. The van der Waals surface area contributed by atoms with Crippen molar-refractivity contribution in [2.75, 3.05) is 12.4 Å². The van der Waals surface area contributed by atoms with Crippen molar-refractivity contribution < 1.29 is 18.3 Å². The summed E-state index contributed by atoms with van der Waals surface area (Å²) in [5.74, 6) is -1.44. The molecule has 0 bridgehead atoms. The Bertz CT molecular complexity index is 1050. The van der Waals surface area contributed by atoms with Crippen molar-refractivity contribution in [1.29, 1.82) is 0 Å². The molecule has 0 aliphatic rings. The number of carbonyl (C=O) groups is 1. The highest BCUT2D eigenvalue weighted by Crippen LogP contribution is 2.28. The lowest BCUT2D eigenvalue weighted by Gasteiger charge is -2.11. The van der Waals surface area contributed by atoms with Crippen LogP contribution in [0.1, 0.15) is 0 Å². The molecule has 138 valence electrons. The number of anilines is 1. The van der Waals surface area contributed by atoms with E-state index in [9.17, 15) is 18.4 Å². The van der Waals surface area contributed by atoms with Crippen LogP contribution in [-0.4, -0.2) is 22.8 Å². The van der Waals surface area contributed by atoms with Gasteiger partial charge in [0, 0.05) is 17.7 Å². The molecule has 0 aliphatic carbocycles. The molecule has 0 saturated heterocycles. The van der Waals surface area contributed by atoms with E-state index in [0.29, 0.717) is 11.3 Å². The summed E-state index contributed by atoms with van der Waals surface area (Å²) >= 11 is 0. The van der Waals surface area contributed by atoms with E-state index < -0.39 is 29.6 Å². The smallest absolute Gasteiger partial charge is 0.267 e. The minimum atomic E-state index is -0.613. The van der Waals surface area contributed by atoms with E-state index in [1.54, 1.807) is 6.07 Å². The summed E-state index contributed by atoms with van der Waals surface area (Å²) in [5.41, 5.74) is 0.280. The number of carbonyl (C=O) groups excluding carboxylic acids is 1. The van der Waals surface area contributed by atoms with Crippen molar-refractivity contribution in [3.63, 3.8) is 0 Å². The lowest BCUT2D eigenvalue weighted by Crippen LogP contribution is -2.29. The molecule has 1 aromatic heterocycles. The van der Waals surface area contributed by atoms with Crippen molar-refractivity contribution in [2.24, 2.45) is 0 Å². The Morgan fingerprint density at radius 2 is 1.93 bits per heavy atom. The summed E-state index contributed by atoms with van der Waals surface area (Å²) in [6, 6.07) is 12.3. The maximum Gasteiger partial charge on any atom is 0.267 e. The Hall–Kier alpha value is -3.55. The molecule has 27 heavy (non-hydrogen) atoms. The fourth-order valence-corrected chi connectivity index (χ4v) is 2.47. The molecule has 6 nitrogen and oxygen atoms in total. The number of benzene rings is 2. The first-order valence-corrected chi connectivity index (χ1v) is 7.94. The molecule has 0 saturated carbocycles. The third-order valence-electron chi connectivity index (χ3n) is 3.75. The topological polar surface area (TPSA) is 73.2 Å². The first-order chi connectivity index (χ1) is 13.0. The molecule has 2 aromatic carbocycles. The molecule has 0 radical (unpaired) electrons. The van der Waals surface area contributed by atoms with Crippen LogP contribution in [0, 0.1) is 11.6 Å². The fourth-order valence-electron chi connectivity index (χ4n) is 2.47. The molecule has 8 heteroatoms. The summed E-state index contributed by atoms with van der Waals surface area (Å²) < 4.78 is 33.1. The summed E-state index contributed by atoms with van der Waals surface area (Å²) in [7, 11) is 1.39. The lowest BCUT2D eigenvalue weighted by atomic mass is 10.1. The van der Waals surface area contributed by atoms with Crippen LogP contribution in [0.15, 0.2) is 59.4 Å². The number of halogens is 2. The molecule has 0 fully saturated rings. The van der Waals surface area contributed by atoms with Gasteiger partial charge in [0.15, 0.2) is 0 Å². The van der Waals surface area contributed by atoms with Gasteiger partial charge in [-0.15, -0.1) is 0 Å². The van der Waals surface area contributed by atoms with Gasteiger partial charge in [-0.1, -0.05) is 12.1 Å². The van der Waals surface area contributed by atoms with Gasteiger partial charge in [0.2, 0.25) is 5.91 Å². The number of methoxy groups -OCH3 is 1.